The molecular formula is C22H19FN6S. The average molecular weight is 419 g/mol. The highest BCUT2D eigenvalue weighted by molar-refractivity contribution is 7.15. The molecular weight excluding hydrogens is 399 g/mol. The fraction of sp³-hybridized carbons (Fsp3) is 0.182. The zero-order valence-electron chi connectivity index (χ0n) is 16.8. The predicted molar refractivity (Wildman–Crippen MR) is 117 cm³/mol. The van der Waals surface area contributed by atoms with E-state index in [9.17, 15) is 4.39 Å². The fourth-order valence-corrected chi connectivity index (χ4v) is 4.82. The van der Waals surface area contributed by atoms with E-state index in [2.05, 4.69) is 38.9 Å². The lowest BCUT2D eigenvalue weighted by atomic mass is 9.99. The molecule has 0 aliphatic carbocycles. The molecule has 8 heteroatoms. The predicted octanol–water partition coefficient (Wildman–Crippen LogP) is 4.88. The Kier molecular flexibility index (Phi) is 4.43. The molecule has 0 amide bonds. The molecule has 0 fully saturated rings. The lowest BCUT2D eigenvalue weighted by Crippen LogP contribution is -2.07. The van der Waals surface area contributed by atoms with Crippen LogP contribution in [0.2, 0.25) is 0 Å². The minimum absolute atomic E-state index is 0.357. The van der Waals surface area contributed by atoms with Gasteiger partial charge in [-0.3, -0.25) is 9.56 Å². The Morgan fingerprint density at radius 3 is 2.57 bits per heavy atom. The minimum Gasteiger partial charge on any atom is -0.340 e. The quantitative estimate of drug-likeness (QED) is 0.515. The number of halogens is 1. The van der Waals surface area contributed by atoms with Crippen LogP contribution in [-0.4, -0.2) is 25.5 Å². The summed E-state index contributed by atoms with van der Waals surface area (Å²) in [5.74, 6) is 1.96. The molecule has 1 aliphatic rings. The van der Waals surface area contributed by atoms with Gasteiger partial charge >= 0.3 is 0 Å². The number of aliphatic imine (C=N–C) groups is 1. The van der Waals surface area contributed by atoms with Crippen molar-refractivity contribution in [2.75, 3.05) is 5.32 Å². The number of hydrogen-bond donors (Lipinski definition) is 1. The van der Waals surface area contributed by atoms with Gasteiger partial charge < -0.3 is 5.32 Å². The van der Waals surface area contributed by atoms with Crippen LogP contribution in [0.5, 0.6) is 0 Å². The summed E-state index contributed by atoms with van der Waals surface area (Å²) in [5.41, 5.74) is 5.24. The van der Waals surface area contributed by atoms with E-state index in [1.807, 2.05) is 31.2 Å². The van der Waals surface area contributed by atoms with Crippen molar-refractivity contribution in [1.29, 1.82) is 0 Å². The van der Waals surface area contributed by atoms with E-state index in [-0.39, 0.29) is 5.82 Å². The first kappa shape index (κ1) is 18.6. The Morgan fingerprint density at radius 1 is 1.03 bits per heavy atom. The Morgan fingerprint density at radius 2 is 1.83 bits per heavy atom. The highest BCUT2D eigenvalue weighted by atomic mass is 32.1. The molecule has 1 N–H and O–H groups in total. The third kappa shape index (κ3) is 3.09. The van der Waals surface area contributed by atoms with Crippen molar-refractivity contribution in [3.63, 3.8) is 0 Å². The second-order valence-corrected chi connectivity index (χ2v) is 8.39. The fourth-order valence-electron chi connectivity index (χ4n) is 3.59. The van der Waals surface area contributed by atoms with Crippen molar-refractivity contribution in [1.82, 2.24) is 19.7 Å². The summed E-state index contributed by atoms with van der Waals surface area (Å²) in [6.45, 7) is 6.73. The molecule has 5 rings (SSSR count). The number of hydrogen-bond acceptors (Lipinski definition) is 6. The van der Waals surface area contributed by atoms with E-state index in [4.69, 9.17) is 4.99 Å². The number of rotatable bonds is 3. The van der Waals surface area contributed by atoms with E-state index in [1.165, 1.54) is 22.7 Å². The molecule has 150 valence electrons. The lowest BCUT2D eigenvalue weighted by Gasteiger charge is -2.11. The van der Waals surface area contributed by atoms with E-state index < -0.39 is 0 Å². The first-order chi connectivity index (χ1) is 14.5. The zero-order chi connectivity index (χ0) is 20.8. The van der Waals surface area contributed by atoms with Crippen LogP contribution < -0.4 is 5.32 Å². The average Bonchev–Trinajstić information content (AvgIpc) is 3.19. The number of benzene rings is 1. The molecule has 0 bridgehead atoms. The van der Waals surface area contributed by atoms with Gasteiger partial charge in [0.15, 0.2) is 5.82 Å². The SMILES string of the molecule is Cc1sc2c(c1C)C(c1ccc(Nc3ccc(F)cn3)cc1)=NCc1nnc(C)n1-2. The first-order valence-corrected chi connectivity index (χ1v) is 10.4. The van der Waals surface area contributed by atoms with Gasteiger partial charge in [-0.25, -0.2) is 9.37 Å². The van der Waals surface area contributed by atoms with Crippen molar-refractivity contribution >= 4 is 28.6 Å². The van der Waals surface area contributed by atoms with Crippen LogP contribution in [-0.2, 0) is 6.54 Å². The van der Waals surface area contributed by atoms with E-state index in [0.717, 1.165) is 39.2 Å². The number of aromatic nitrogens is 4. The lowest BCUT2D eigenvalue weighted by molar-refractivity contribution is 0.622. The number of nitrogens with zero attached hydrogens (tertiary/aromatic N) is 5. The molecule has 0 unspecified atom stereocenters. The minimum atomic E-state index is -0.357. The van der Waals surface area contributed by atoms with Crippen LogP contribution in [0.25, 0.3) is 5.00 Å². The molecule has 0 saturated heterocycles. The van der Waals surface area contributed by atoms with Gasteiger partial charge in [-0.2, -0.15) is 0 Å². The van der Waals surface area contributed by atoms with Crippen LogP contribution in [0.3, 0.4) is 0 Å². The number of thiophene rings is 1. The topological polar surface area (TPSA) is 68.0 Å². The van der Waals surface area contributed by atoms with Crippen molar-refractivity contribution < 1.29 is 4.39 Å². The van der Waals surface area contributed by atoms with E-state index in [0.29, 0.717) is 12.4 Å². The number of aryl methyl sites for hydroxylation is 2. The normalized spacial score (nSPS) is 12.7. The summed E-state index contributed by atoms with van der Waals surface area (Å²) in [6, 6.07) is 11.0. The van der Waals surface area contributed by atoms with Crippen molar-refractivity contribution in [3.05, 3.63) is 81.6 Å². The van der Waals surface area contributed by atoms with Gasteiger partial charge in [0.25, 0.3) is 0 Å². The third-order valence-electron chi connectivity index (χ3n) is 5.24. The highest BCUT2D eigenvalue weighted by Crippen LogP contribution is 2.36. The third-order valence-corrected chi connectivity index (χ3v) is 6.43. The van der Waals surface area contributed by atoms with Crippen molar-refractivity contribution in [2.24, 2.45) is 4.99 Å². The number of anilines is 2. The Bertz CT molecular complexity index is 1270. The Balaban J connectivity index is 1.53. The molecule has 1 aliphatic heterocycles. The molecule has 0 saturated carbocycles. The van der Waals surface area contributed by atoms with Gasteiger partial charge in [0.1, 0.15) is 29.0 Å². The molecule has 4 heterocycles. The molecule has 4 aromatic rings. The van der Waals surface area contributed by atoms with Gasteiger partial charge in [-0.15, -0.1) is 21.5 Å². The van der Waals surface area contributed by atoms with Gasteiger partial charge in [0, 0.05) is 21.7 Å². The molecule has 0 atom stereocenters. The number of nitrogens with one attached hydrogen (secondary N) is 1. The summed E-state index contributed by atoms with van der Waals surface area (Å²) in [7, 11) is 0. The van der Waals surface area contributed by atoms with E-state index >= 15 is 0 Å². The second-order valence-electron chi connectivity index (χ2n) is 7.19. The highest BCUT2D eigenvalue weighted by Gasteiger charge is 2.26. The summed E-state index contributed by atoms with van der Waals surface area (Å²) in [5, 5.41) is 12.9. The molecule has 0 radical (unpaired) electrons. The standard InChI is InChI=1S/C22H19FN6S/c1-12-13(2)30-22-20(12)21(25-11-19-28-27-14(3)29(19)22)15-4-7-17(8-5-15)26-18-9-6-16(23)10-24-18/h4-10H,11H2,1-3H3,(H,24,26). The maximum absolute atomic E-state index is 13.1. The van der Waals surface area contributed by atoms with Crippen molar-refractivity contribution in [3.8, 4) is 5.00 Å². The van der Waals surface area contributed by atoms with Gasteiger partial charge in [0.05, 0.1) is 11.9 Å². The summed E-state index contributed by atoms with van der Waals surface area (Å²) < 4.78 is 15.2. The van der Waals surface area contributed by atoms with Crippen LogP contribution in [0.1, 0.15) is 33.2 Å². The largest absolute Gasteiger partial charge is 0.340 e. The zero-order valence-corrected chi connectivity index (χ0v) is 17.6. The van der Waals surface area contributed by atoms with Crippen LogP contribution in [0.15, 0.2) is 47.6 Å². The molecule has 30 heavy (non-hydrogen) atoms. The molecule has 6 nitrogen and oxygen atoms in total. The monoisotopic (exact) mass is 418 g/mol. The van der Waals surface area contributed by atoms with Gasteiger partial charge in [-0.05, 0) is 50.6 Å². The van der Waals surface area contributed by atoms with Crippen LogP contribution in [0, 0.1) is 26.6 Å². The summed E-state index contributed by atoms with van der Waals surface area (Å²) >= 11 is 1.75. The summed E-state index contributed by atoms with van der Waals surface area (Å²) in [6.07, 6.45) is 1.19. The van der Waals surface area contributed by atoms with Crippen molar-refractivity contribution in [2.45, 2.75) is 27.3 Å². The second kappa shape index (κ2) is 7.14. The molecule has 0 spiro atoms. The molecule has 3 aromatic heterocycles. The summed E-state index contributed by atoms with van der Waals surface area (Å²) in [4.78, 5) is 10.2. The first-order valence-electron chi connectivity index (χ1n) is 9.56. The van der Waals surface area contributed by atoms with Crippen LogP contribution >= 0.6 is 11.3 Å². The van der Waals surface area contributed by atoms with Gasteiger partial charge in [0.2, 0.25) is 0 Å². The van der Waals surface area contributed by atoms with Gasteiger partial charge in [-0.1, -0.05) is 12.1 Å². The smallest absolute Gasteiger partial charge is 0.160 e. The number of pyridine rings is 1. The number of fused-ring (bicyclic) bond motifs is 3. The molecule has 1 aromatic carbocycles. The Labute approximate surface area is 177 Å². The van der Waals surface area contributed by atoms with E-state index in [1.54, 1.807) is 17.4 Å². The Hall–Kier alpha value is -3.39. The van der Waals surface area contributed by atoms with Crippen LogP contribution in [0.4, 0.5) is 15.9 Å². The maximum Gasteiger partial charge on any atom is 0.160 e. The maximum atomic E-state index is 13.1.